The molecule has 0 aromatic heterocycles. The van der Waals surface area contributed by atoms with Crippen molar-refractivity contribution < 1.29 is 19.1 Å². The van der Waals surface area contributed by atoms with Crippen LogP contribution in [0.15, 0.2) is 35.9 Å². The van der Waals surface area contributed by atoms with E-state index in [1.165, 1.54) is 18.1 Å². The van der Waals surface area contributed by atoms with Crippen LogP contribution in [0.25, 0.3) is 6.08 Å². The second-order valence-electron chi connectivity index (χ2n) is 6.69. The van der Waals surface area contributed by atoms with Gasteiger partial charge in [0.05, 0.1) is 19.9 Å². The monoisotopic (exact) mass is 410 g/mol. The van der Waals surface area contributed by atoms with E-state index >= 15 is 0 Å². The van der Waals surface area contributed by atoms with E-state index in [0.29, 0.717) is 22.7 Å². The molecule has 0 saturated carbocycles. The molecule has 1 fully saturated rings. The molecule has 2 aromatic carbocycles. The molecule has 1 N–H and O–H groups in total. The average molecular weight is 410 g/mol. The summed E-state index contributed by atoms with van der Waals surface area (Å²) in [5.74, 6) is 0.158. The molecule has 1 aliphatic heterocycles. The zero-order chi connectivity index (χ0) is 21.3. The summed E-state index contributed by atoms with van der Waals surface area (Å²) < 4.78 is 10.8. The first-order valence-corrected chi connectivity index (χ1v) is 9.40. The quantitative estimate of drug-likeness (QED) is 0.475. The predicted octanol–water partition coefficient (Wildman–Crippen LogP) is 3.46. The lowest BCUT2D eigenvalue weighted by Gasteiger charge is -2.30. The number of aryl methyl sites for hydroxylation is 1. The Bertz CT molecular complexity index is 1060. The number of nitrogens with one attached hydrogen (secondary N) is 1. The zero-order valence-corrected chi connectivity index (χ0v) is 17.8. The van der Waals surface area contributed by atoms with Crippen molar-refractivity contribution in [3.8, 4) is 11.5 Å². The maximum Gasteiger partial charge on any atom is 0.270 e. The van der Waals surface area contributed by atoms with Crippen molar-refractivity contribution in [2.45, 2.75) is 20.8 Å². The zero-order valence-electron chi connectivity index (χ0n) is 17.0. The van der Waals surface area contributed by atoms with Crippen molar-refractivity contribution in [1.82, 2.24) is 5.32 Å². The Morgan fingerprint density at radius 1 is 1.00 bits per heavy atom. The van der Waals surface area contributed by atoms with Gasteiger partial charge in [0.15, 0.2) is 5.11 Å². The predicted molar refractivity (Wildman–Crippen MR) is 116 cm³/mol. The Kier molecular flexibility index (Phi) is 5.70. The molecule has 1 heterocycles. The molecule has 6 nitrogen and oxygen atoms in total. The molecular formula is C22H22N2O4S. The molecular weight excluding hydrogens is 388 g/mol. The number of thiocarbonyl (C=S) groups is 1. The summed E-state index contributed by atoms with van der Waals surface area (Å²) in [5, 5.41) is 2.67. The number of carbonyl (C=O) groups excluding carboxylic acids is 2. The molecule has 1 aliphatic rings. The van der Waals surface area contributed by atoms with Crippen LogP contribution in [0.3, 0.4) is 0 Å². The lowest BCUT2D eigenvalue weighted by Crippen LogP contribution is -2.54. The highest BCUT2D eigenvalue weighted by atomic mass is 32.1. The fourth-order valence-corrected chi connectivity index (χ4v) is 3.58. The van der Waals surface area contributed by atoms with Crippen molar-refractivity contribution in [3.05, 3.63) is 58.2 Å². The first-order valence-electron chi connectivity index (χ1n) is 8.99. The van der Waals surface area contributed by atoms with Gasteiger partial charge in [-0.1, -0.05) is 12.1 Å². The van der Waals surface area contributed by atoms with Crippen LogP contribution in [0.5, 0.6) is 11.5 Å². The molecule has 1 saturated heterocycles. The van der Waals surface area contributed by atoms with E-state index < -0.39 is 11.8 Å². The van der Waals surface area contributed by atoms with Gasteiger partial charge < -0.3 is 9.47 Å². The number of methoxy groups -OCH3 is 2. The molecule has 0 atom stereocenters. The van der Waals surface area contributed by atoms with Gasteiger partial charge in [-0.2, -0.15) is 0 Å². The van der Waals surface area contributed by atoms with Crippen LogP contribution in [0, 0.1) is 20.8 Å². The van der Waals surface area contributed by atoms with Crippen LogP contribution >= 0.6 is 12.2 Å². The molecule has 2 aromatic rings. The van der Waals surface area contributed by atoms with Crippen LogP contribution in [-0.2, 0) is 9.59 Å². The third kappa shape index (κ3) is 3.61. The number of ether oxygens (including phenoxy) is 2. The minimum Gasteiger partial charge on any atom is -0.496 e. The number of rotatable bonds is 4. The van der Waals surface area contributed by atoms with Crippen LogP contribution in [0.4, 0.5) is 5.69 Å². The van der Waals surface area contributed by atoms with Gasteiger partial charge in [-0.15, -0.1) is 0 Å². The number of anilines is 1. The van der Waals surface area contributed by atoms with Gasteiger partial charge in [-0.25, -0.2) is 0 Å². The number of hydrogen-bond donors (Lipinski definition) is 1. The van der Waals surface area contributed by atoms with E-state index in [4.69, 9.17) is 21.7 Å². The second kappa shape index (κ2) is 8.05. The first kappa shape index (κ1) is 20.5. The number of hydrogen-bond acceptors (Lipinski definition) is 5. The highest BCUT2D eigenvalue weighted by Gasteiger charge is 2.35. The smallest absolute Gasteiger partial charge is 0.270 e. The van der Waals surface area contributed by atoms with Gasteiger partial charge >= 0.3 is 0 Å². The van der Waals surface area contributed by atoms with Gasteiger partial charge in [-0.05, 0) is 68.4 Å². The summed E-state index contributed by atoms with van der Waals surface area (Å²) in [4.78, 5) is 27.2. The molecule has 0 unspecified atom stereocenters. The standard InChI is InChI=1S/C22H22N2O4S/c1-12-7-6-8-17(13(12)2)24-21(26)16(20(25)23-22(24)29)11-15-9-10-18(27-4)14(3)19(15)28-5/h6-11H,1-5H3,(H,23,25,29)/b16-11+. The molecule has 150 valence electrons. The van der Waals surface area contributed by atoms with Crippen LogP contribution in [0.1, 0.15) is 22.3 Å². The Labute approximate surface area is 175 Å². The minimum atomic E-state index is -0.544. The van der Waals surface area contributed by atoms with E-state index in [9.17, 15) is 9.59 Å². The van der Waals surface area contributed by atoms with Gasteiger partial charge in [0.25, 0.3) is 11.8 Å². The van der Waals surface area contributed by atoms with E-state index in [2.05, 4.69) is 5.32 Å². The summed E-state index contributed by atoms with van der Waals surface area (Å²) >= 11 is 5.29. The van der Waals surface area contributed by atoms with Gasteiger partial charge in [0.1, 0.15) is 17.1 Å². The topological polar surface area (TPSA) is 67.9 Å². The second-order valence-corrected chi connectivity index (χ2v) is 7.08. The molecule has 7 heteroatoms. The molecule has 3 rings (SSSR count). The molecule has 0 aliphatic carbocycles. The number of carbonyl (C=O) groups is 2. The highest BCUT2D eigenvalue weighted by molar-refractivity contribution is 7.80. The molecule has 0 bridgehead atoms. The van der Waals surface area contributed by atoms with Gasteiger partial charge in [0.2, 0.25) is 0 Å². The normalized spacial score (nSPS) is 15.6. The molecule has 29 heavy (non-hydrogen) atoms. The van der Waals surface area contributed by atoms with E-state index in [1.54, 1.807) is 25.3 Å². The van der Waals surface area contributed by atoms with Crippen molar-refractivity contribution in [2.75, 3.05) is 19.1 Å². The fourth-order valence-electron chi connectivity index (χ4n) is 3.31. The summed E-state index contributed by atoms with van der Waals surface area (Å²) in [7, 11) is 3.10. The molecule has 0 radical (unpaired) electrons. The van der Waals surface area contributed by atoms with Crippen molar-refractivity contribution in [1.29, 1.82) is 0 Å². The lowest BCUT2D eigenvalue weighted by molar-refractivity contribution is -0.122. The minimum absolute atomic E-state index is 0.0256. The number of nitrogens with zero attached hydrogens (tertiary/aromatic N) is 1. The third-order valence-corrected chi connectivity index (χ3v) is 5.31. The van der Waals surface area contributed by atoms with E-state index in [1.807, 2.05) is 32.9 Å². The Morgan fingerprint density at radius 3 is 2.38 bits per heavy atom. The SMILES string of the molecule is COc1ccc(/C=C2\C(=O)NC(=S)N(c3cccc(C)c3C)C2=O)c(OC)c1C. The average Bonchev–Trinajstić information content (AvgIpc) is 2.68. The number of amides is 2. The third-order valence-electron chi connectivity index (χ3n) is 5.03. The van der Waals surface area contributed by atoms with Gasteiger partial charge in [0, 0.05) is 11.1 Å². The first-order chi connectivity index (χ1) is 13.8. The summed E-state index contributed by atoms with van der Waals surface area (Å²) in [6, 6.07) is 9.12. The van der Waals surface area contributed by atoms with Crippen LogP contribution in [-0.4, -0.2) is 31.1 Å². The maximum absolute atomic E-state index is 13.3. The van der Waals surface area contributed by atoms with Gasteiger partial charge in [-0.3, -0.25) is 19.8 Å². The fraction of sp³-hybridized carbons (Fsp3) is 0.227. The molecule has 0 spiro atoms. The molecule has 2 amide bonds. The highest BCUT2D eigenvalue weighted by Crippen LogP contribution is 2.34. The summed E-state index contributed by atoms with van der Waals surface area (Å²) in [5.41, 5.74) is 3.92. The van der Waals surface area contributed by atoms with Crippen molar-refractivity contribution >= 4 is 40.9 Å². The largest absolute Gasteiger partial charge is 0.496 e. The Balaban J connectivity index is 2.12. The number of benzene rings is 2. The lowest BCUT2D eigenvalue weighted by atomic mass is 10.0. The summed E-state index contributed by atoms with van der Waals surface area (Å²) in [6.07, 6.45) is 1.52. The summed E-state index contributed by atoms with van der Waals surface area (Å²) in [6.45, 7) is 5.72. The van der Waals surface area contributed by atoms with Crippen LogP contribution < -0.4 is 19.7 Å². The van der Waals surface area contributed by atoms with E-state index in [-0.39, 0.29) is 10.7 Å². The van der Waals surface area contributed by atoms with Crippen molar-refractivity contribution in [3.63, 3.8) is 0 Å². The maximum atomic E-state index is 13.3. The Morgan fingerprint density at radius 2 is 1.72 bits per heavy atom. The van der Waals surface area contributed by atoms with Crippen LogP contribution in [0.2, 0.25) is 0 Å². The Hall–Kier alpha value is -3.19. The van der Waals surface area contributed by atoms with E-state index in [0.717, 1.165) is 16.7 Å². The van der Waals surface area contributed by atoms with Crippen molar-refractivity contribution in [2.24, 2.45) is 0 Å².